The summed E-state index contributed by atoms with van der Waals surface area (Å²) in [5, 5.41) is 2.87. The number of hydrogen-bond donors (Lipinski definition) is 1. The van der Waals surface area contributed by atoms with E-state index >= 15 is 0 Å². The summed E-state index contributed by atoms with van der Waals surface area (Å²) in [5.41, 5.74) is 1.38. The molecule has 0 unspecified atom stereocenters. The number of nitrogens with one attached hydrogen (secondary N) is 1. The van der Waals surface area contributed by atoms with Gasteiger partial charge in [-0.2, -0.15) is 0 Å². The molecule has 0 aromatic heterocycles. The topological polar surface area (TPSA) is 38.3 Å². The zero-order valence-electron chi connectivity index (χ0n) is 11.4. The molecule has 0 aliphatic heterocycles. The highest BCUT2D eigenvalue weighted by Crippen LogP contribution is 2.16. The fraction of sp³-hybridized carbons (Fsp3) is 0.188. The van der Waals surface area contributed by atoms with Crippen LogP contribution in [0.2, 0.25) is 0 Å². The van der Waals surface area contributed by atoms with Crippen LogP contribution in [0.15, 0.2) is 48.5 Å². The molecule has 2 rings (SSSR count). The Hall–Kier alpha value is -2.36. The highest BCUT2D eigenvalue weighted by molar-refractivity contribution is 5.94. The van der Waals surface area contributed by atoms with Gasteiger partial charge < -0.3 is 10.1 Å². The number of hydrogen-bond acceptors (Lipinski definition) is 2. The Morgan fingerprint density at radius 1 is 1.20 bits per heavy atom. The van der Waals surface area contributed by atoms with Gasteiger partial charge >= 0.3 is 0 Å². The number of halogens is 1. The second-order valence-electron chi connectivity index (χ2n) is 4.48. The molecule has 0 aliphatic rings. The van der Waals surface area contributed by atoms with Crippen LogP contribution in [0.5, 0.6) is 5.75 Å². The van der Waals surface area contributed by atoms with Gasteiger partial charge in [0.15, 0.2) is 0 Å². The van der Waals surface area contributed by atoms with E-state index in [0.29, 0.717) is 11.3 Å². The highest BCUT2D eigenvalue weighted by Gasteiger charge is 2.12. The number of rotatable bonds is 4. The zero-order valence-corrected chi connectivity index (χ0v) is 11.4. The number of ether oxygens (including phenoxy) is 1. The summed E-state index contributed by atoms with van der Waals surface area (Å²) in [6.07, 6.45) is 0. The monoisotopic (exact) mass is 273 g/mol. The van der Waals surface area contributed by atoms with Gasteiger partial charge in [0.1, 0.15) is 11.6 Å². The van der Waals surface area contributed by atoms with Crippen LogP contribution in [0.25, 0.3) is 0 Å². The lowest BCUT2D eigenvalue weighted by atomic mass is 10.1. The Labute approximate surface area is 117 Å². The molecule has 104 valence electrons. The van der Waals surface area contributed by atoms with E-state index in [1.807, 2.05) is 6.92 Å². The van der Waals surface area contributed by atoms with Crippen molar-refractivity contribution in [2.75, 3.05) is 7.11 Å². The second kappa shape index (κ2) is 6.19. The first-order valence-corrected chi connectivity index (χ1v) is 6.30. The molecule has 0 bridgehead atoms. The Kier molecular flexibility index (Phi) is 4.35. The number of methoxy groups -OCH3 is 1. The molecule has 1 amide bonds. The van der Waals surface area contributed by atoms with Gasteiger partial charge in [0, 0.05) is 5.56 Å². The number of amides is 1. The molecule has 0 fully saturated rings. The molecule has 0 heterocycles. The van der Waals surface area contributed by atoms with Gasteiger partial charge in [-0.3, -0.25) is 4.79 Å². The van der Waals surface area contributed by atoms with Crippen LogP contribution < -0.4 is 10.1 Å². The lowest BCUT2D eigenvalue weighted by Crippen LogP contribution is -2.26. The van der Waals surface area contributed by atoms with E-state index in [9.17, 15) is 9.18 Å². The maximum atomic E-state index is 12.9. The van der Waals surface area contributed by atoms with Gasteiger partial charge in [-0.25, -0.2) is 4.39 Å². The van der Waals surface area contributed by atoms with Crippen LogP contribution in [0.4, 0.5) is 4.39 Å². The SMILES string of the molecule is COc1cccc(C(=O)N[C@@H](C)c2ccc(F)cc2)c1. The molecule has 3 nitrogen and oxygen atoms in total. The first-order chi connectivity index (χ1) is 9.60. The minimum atomic E-state index is -0.292. The maximum Gasteiger partial charge on any atom is 0.251 e. The molecular formula is C16H16FNO2. The molecular weight excluding hydrogens is 257 g/mol. The fourth-order valence-corrected chi connectivity index (χ4v) is 1.88. The second-order valence-corrected chi connectivity index (χ2v) is 4.48. The molecule has 0 saturated carbocycles. The predicted octanol–water partition coefficient (Wildman–Crippen LogP) is 3.33. The van der Waals surface area contributed by atoms with Crippen molar-refractivity contribution in [2.24, 2.45) is 0 Å². The van der Waals surface area contributed by atoms with Crippen molar-refractivity contribution >= 4 is 5.91 Å². The standard InChI is InChI=1S/C16H16FNO2/c1-11(12-6-8-14(17)9-7-12)18-16(19)13-4-3-5-15(10-13)20-2/h3-11H,1-2H3,(H,18,19)/t11-/m0/s1. The van der Waals surface area contributed by atoms with Crippen LogP contribution in [-0.2, 0) is 0 Å². The van der Waals surface area contributed by atoms with Gasteiger partial charge in [-0.05, 0) is 42.8 Å². The van der Waals surface area contributed by atoms with Crippen LogP contribution >= 0.6 is 0 Å². The van der Waals surface area contributed by atoms with E-state index in [1.54, 1.807) is 43.5 Å². The molecule has 1 atom stereocenters. The fourth-order valence-electron chi connectivity index (χ4n) is 1.88. The van der Waals surface area contributed by atoms with Crippen molar-refractivity contribution in [3.63, 3.8) is 0 Å². The van der Waals surface area contributed by atoms with Crippen molar-refractivity contribution < 1.29 is 13.9 Å². The van der Waals surface area contributed by atoms with E-state index in [0.717, 1.165) is 5.56 Å². The third-order valence-corrected chi connectivity index (χ3v) is 3.05. The summed E-state index contributed by atoms with van der Waals surface area (Å²) in [5.74, 6) is 0.146. The van der Waals surface area contributed by atoms with E-state index in [1.165, 1.54) is 12.1 Å². The van der Waals surface area contributed by atoms with Gasteiger partial charge in [0.2, 0.25) is 0 Å². The first kappa shape index (κ1) is 14.1. The number of benzene rings is 2. The van der Waals surface area contributed by atoms with Gasteiger partial charge in [-0.1, -0.05) is 18.2 Å². The first-order valence-electron chi connectivity index (χ1n) is 6.30. The lowest BCUT2D eigenvalue weighted by Gasteiger charge is -2.14. The maximum absolute atomic E-state index is 12.9. The van der Waals surface area contributed by atoms with Crippen molar-refractivity contribution in [1.82, 2.24) is 5.32 Å². The molecule has 0 spiro atoms. The predicted molar refractivity (Wildman–Crippen MR) is 75.3 cm³/mol. The van der Waals surface area contributed by atoms with Crippen molar-refractivity contribution in [3.8, 4) is 5.75 Å². The molecule has 2 aromatic rings. The lowest BCUT2D eigenvalue weighted by molar-refractivity contribution is 0.0939. The van der Waals surface area contributed by atoms with Gasteiger partial charge in [0.05, 0.1) is 13.2 Å². The Bertz CT molecular complexity index is 596. The molecule has 2 aromatic carbocycles. The Morgan fingerprint density at radius 2 is 1.90 bits per heavy atom. The average molecular weight is 273 g/mol. The molecule has 0 saturated heterocycles. The zero-order chi connectivity index (χ0) is 14.5. The summed E-state index contributed by atoms with van der Waals surface area (Å²) >= 11 is 0. The van der Waals surface area contributed by atoms with Gasteiger partial charge in [-0.15, -0.1) is 0 Å². The van der Waals surface area contributed by atoms with Gasteiger partial charge in [0.25, 0.3) is 5.91 Å². The number of carbonyl (C=O) groups is 1. The van der Waals surface area contributed by atoms with Crippen LogP contribution in [-0.4, -0.2) is 13.0 Å². The quantitative estimate of drug-likeness (QED) is 0.928. The normalized spacial score (nSPS) is 11.8. The Balaban J connectivity index is 2.08. The summed E-state index contributed by atoms with van der Waals surface area (Å²) in [6, 6.07) is 12.8. The summed E-state index contributed by atoms with van der Waals surface area (Å²) in [6.45, 7) is 1.85. The molecule has 1 N–H and O–H groups in total. The average Bonchev–Trinajstić information content (AvgIpc) is 2.47. The van der Waals surface area contributed by atoms with E-state index in [2.05, 4.69) is 5.32 Å². The van der Waals surface area contributed by atoms with Crippen LogP contribution in [0.1, 0.15) is 28.9 Å². The molecule has 4 heteroatoms. The molecule has 20 heavy (non-hydrogen) atoms. The Morgan fingerprint density at radius 3 is 2.55 bits per heavy atom. The van der Waals surface area contributed by atoms with Crippen molar-refractivity contribution in [3.05, 3.63) is 65.5 Å². The third-order valence-electron chi connectivity index (χ3n) is 3.05. The van der Waals surface area contributed by atoms with Crippen LogP contribution in [0, 0.1) is 5.82 Å². The minimum Gasteiger partial charge on any atom is -0.497 e. The van der Waals surface area contributed by atoms with E-state index < -0.39 is 0 Å². The molecule has 0 aliphatic carbocycles. The number of carbonyl (C=O) groups excluding carboxylic acids is 1. The minimum absolute atomic E-state index is 0.194. The van der Waals surface area contributed by atoms with Crippen molar-refractivity contribution in [2.45, 2.75) is 13.0 Å². The largest absolute Gasteiger partial charge is 0.497 e. The highest BCUT2D eigenvalue weighted by atomic mass is 19.1. The summed E-state index contributed by atoms with van der Waals surface area (Å²) in [7, 11) is 1.55. The van der Waals surface area contributed by atoms with E-state index in [-0.39, 0.29) is 17.8 Å². The van der Waals surface area contributed by atoms with Crippen molar-refractivity contribution in [1.29, 1.82) is 0 Å². The smallest absolute Gasteiger partial charge is 0.251 e. The summed E-state index contributed by atoms with van der Waals surface area (Å²) in [4.78, 5) is 12.1. The molecule has 0 radical (unpaired) electrons. The third kappa shape index (κ3) is 3.35. The van der Waals surface area contributed by atoms with Crippen LogP contribution in [0.3, 0.4) is 0 Å². The summed E-state index contributed by atoms with van der Waals surface area (Å²) < 4.78 is 17.9. The van der Waals surface area contributed by atoms with E-state index in [4.69, 9.17) is 4.74 Å².